The van der Waals surface area contributed by atoms with E-state index >= 15 is 0 Å². The molecule has 2 N–H and O–H groups in total. The molecule has 1 atom stereocenters. The SMILES string of the molecule is CN(C)c1ccc(C(CNC(=O)C(=O)NCCc2ccc(Cl)cc2)N2CCOCC2)cc1. The molecule has 1 saturated heterocycles. The second kappa shape index (κ2) is 11.9. The number of benzene rings is 2. The van der Waals surface area contributed by atoms with Gasteiger partial charge in [-0.3, -0.25) is 14.5 Å². The van der Waals surface area contributed by atoms with Crippen molar-refractivity contribution in [1.29, 1.82) is 0 Å². The number of nitrogens with zero attached hydrogens (tertiary/aromatic N) is 2. The Morgan fingerprint density at radius 1 is 1.00 bits per heavy atom. The molecule has 1 aliphatic heterocycles. The lowest BCUT2D eigenvalue weighted by Gasteiger charge is -2.35. The van der Waals surface area contributed by atoms with Crippen molar-refractivity contribution in [3.8, 4) is 0 Å². The van der Waals surface area contributed by atoms with Gasteiger partial charge < -0.3 is 20.3 Å². The van der Waals surface area contributed by atoms with Crippen molar-refractivity contribution in [1.82, 2.24) is 15.5 Å². The molecule has 0 radical (unpaired) electrons. The number of carbonyl (C=O) groups excluding carboxylic acids is 2. The van der Waals surface area contributed by atoms with Crippen LogP contribution in [0.4, 0.5) is 5.69 Å². The quantitative estimate of drug-likeness (QED) is 0.593. The number of rotatable bonds is 8. The van der Waals surface area contributed by atoms with Gasteiger partial charge in [0.25, 0.3) is 0 Å². The van der Waals surface area contributed by atoms with Crippen molar-refractivity contribution in [3.05, 3.63) is 64.7 Å². The molecule has 8 heteroatoms. The minimum atomic E-state index is -0.623. The summed E-state index contributed by atoms with van der Waals surface area (Å²) in [6.45, 7) is 3.61. The highest BCUT2D eigenvalue weighted by atomic mass is 35.5. The van der Waals surface area contributed by atoms with Crippen molar-refractivity contribution in [2.45, 2.75) is 12.5 Å². The Labute approximate surface area is 194 Å². The Morgan fingerprint density at radius 2 is 1.62 bits per heavy atom. The fraction of sp³-hybridized carbons (Fsp3) is 0.417. The van der Waals surface area contributed by atoms with E-state index in [1.54, 1.807) is 0 Å². The average molecular weight is 459 g/mol. The van der Waals surface area contributed by atoms with Crippen molar-refractivity contribution in [2.75, 3.05) is 58.4 Å². The molecule has 0 spiro atoms. The lowest BCUT2D eigenvalue weighted by molar-refractivity contribution is -0.139. The summed E-state index contributed by atoms with van der Waals surface area (Å²) in [5.41, 5.74) is 3.25. The molecule has 1 fully saturated rings. The molecule has 1 aliphatic rings. The topological polar surface area (TPSA) is 73.9 Å². The van der Waals surface area contributed by atoms with Crippen LogP contribution in [0, 0.1) is 0 Å². The van der Waals surface area contributed by atoms with Gasteiger partial charge in [-0.15, -0.1) is 0 Å². The highest BCUT2D eigenvalue weighted by Crippen LogP contribution is 2.23. The van der Waals surface area contributed by atoms with E-state index in [9.17, 15) is 9.59 Å². The van der Waals surface area contributed by atoms with Crippen LogP contribution in [-0.4, -0.2) is 70.2 Å². The van der Waals surface area contributed by atoms with Crippen molar-refractivity contribution in [3.63, 3.8) is 0 Å². The van der Waals surface area contributed by atoms with E-state index in [2.05, 4.69) is 39.8 Å². The molecule has 1 unspecified atom stereocenters. The Balaban J connectivity index is 1.55. The van der Waals surface area contributed by atoms with Gasteiger partial charge in [-0.1, -0.05) is 35.9 Å². The second-order valence-electron chi connectivity index (χ2n) is 7.99. The molecule has 172 valence electrons. The number of hydrogen-bond acceptors (Lipinski definition) is 5. The molecule has 2 amide bonds. The number of hydrogen-bond donors (Lipinski definition) is 2. The van der Waals surface area contributed by atoms with Crippen LogP contribution in [0.5, 0.6) is 0 Å². The molecule has 7 nitrogen and oxygen atoms in total. The van der Waals surface area contributed by atoms with Crippen LogP contribution < -0.4 is 15.5 Å². The van der Waals surface area contributed by atoms with Gasteiger partial charge in [0.15, 0.2) is 0 Å². The normalized spacial score (nSPS) is 15.1. The van der Waals surface area contributed by atoms with Crippen molar-refractivity contribution in [2.24, 2.45) is 0 Å². The predicted octanol–water partition coefficient (Wildman–Crippen LogP) is 2.25. The van der Waals surface area contributed by atoms with E-state index in [0.717, 1.165) is 29.9 Å². The Bertz CT molecular complexity index is 881. The van der Waals surface area contributed by atoms with Crippen LogP contribution in [0.3, 0.4) is 0 Å². The van der Waals surface area contributed by atoms with Gasteiger partial charge in [0.05, 0.1) is 19.3 Å². The zero-order valence-electron chi connectivity index (χ0n) is 18.6. The summed E-state index contributed by atoms with van der Waals surface area (Å²) in [5, 5.41) is 6.17. The Hall–Kier alpha value is -2.61. The Morgan fingerprint density at radius 3 is 2.25 bits per heavy atom. The molecule has 32 heavy (non-hydrogen) atoms. The van der Waals surface area contributed by atoms with E-state index in [-0.39, 0.29) is 6.04 Å². The van der Waals surface area contributed by atoms with Gasteiger partial charge in [-0.25, -0.2) is 0 Å². The van der Waals surface area contributed by atoms with Gasteiger partial charge in [-0.05, 0) is 41.8 Å². The second-order valence-corrected chi connectivity index (χ2v) is 8.43. The van der Waals surface area contributed by atoms with E-state index in [4.69, 9.17) is 16.3 Å². The summed E-state index contributed by atoms with van der Waals surface area (Å²) < 4.78 is 5.48. The minimum Gasteiger partial charge on any atom is -0.379 e. The summed E-state index contributed by atoms with van der Waals surface area (Å²) in [5.74, 6) is -1.24. The highest BCUT2D eigenvalue weighted by Gasteiger charge is 2.24. The first-order chi connectivity index (χ1) is 15.4. The monoisotopic (exact) mass is 458 g/mol. The molecule has 2 aromatic rings. The van der Waals surface area contributed by atoms with Crippen LogP contribution in [0.2, 0.25) is 5.02 Å². The lowest BCUT2D eigenvalue weighted by Crippen LogP contribution is -2.47. The predicted molar refractivity (Wildman–Crippen MR) is 127 cm³/mol. The average Bonchev–Trinajstić information content (AvgIpc) is 2.81. The van der Waals surface area contributed by atoms with Crippen LogP contribution in [0.25, 0.3) is 0 Å². The molecular weight excluding hydrogens is 428 g/mol. The van der Waals surface area contributed by atoms with Gasteiger partial charge in [0.2, 0.25) is 0 Å². The summed E-state index contributed by atoms with van der Waals surface area (Å²) >= 11 is 5.88. The smallest absolute Gasteiger partial charge is 0.309 e. The highest BCUT2D eigenvalue weighted by molar-refractivity contribution is 6.35. The van der Waals surface area contributed by atoms with Crippen LogP contribution in [0.15, 0.2) is 48.5 Å². The van der Waals surface area contributed by atoms with Gasteiger partial charge >= 0.3 is 11.8 Å². The molecular formula is C24H31ClN4O3. The van der Waals surface area contributed by atoms with Gasteiger partial charge in [0, 0.05) is 51.0 Å². The largest absolute Gasteiger partial charge is 0.379 e. The van der Waals surface area contributed by atoms with E-state index in [0.29, 0.717) is 37.7 Å². The van der Waals surface area contributed by atoms with Gasteiger partial charge in [-0.2, -0.15) is 0 Å². The summed E-state index contributed by atoms with van der Waals surface area (Å²) in [6, 6.07) is 15.7. The first-order valence-electron chi connectivity index (χ1n) is 10.8. The molecule has 3 rings (SSSR count). The third-order valence-electron chi connectivity index (χ3n) is 5.56. The standard InChI is InChI=1S/C24H31ClN4O3/c1-28(2)21-9-5-19(6-10-21)22(29-13-15-32-16-14-29)17-27-24(31)23(30)26-12-11-18-3-7-20(25)8-4-18/h3-10,22H,11-17H2,1-2H3,(H,26,30)(H,27,31). The molecule has 1 heterocycles. The van der Waals surface area contributed by atoms with Crippen molar-refractivity contribution >= 4 is 29.1 Å². The molecule has 0 aliphatic carbocycles. The Kier molecular flexibility index (Phi) is 8.90. The van der Waals surface area contributed by atoms with E-state index in [1.165, 1.54) is 0 Å². The third-order valence-corrected chi connectivity index (χ3v) is 5.81. The summed E-state index contributed by atoms with van der Waals surface area (Å²) in [7, 11) is 4.00. The van der Waals surface area contributed by atoms with Crippen LogP contribution in [0.1, 0.15) is 17.2 Å². The number of nitrogens with one attached hydrogen (secondary N) is 2. The number of amides is 2. The molecule has 0 bridgehead atoms. The number of ether oxygens (including phenoxy) is 1. The van der Waals surface area contributed by atoms with Crippen molar-refractivity contribution < 1.29 is 14.3 Å². The molecule has 2 aromatic carbocycles. The first kappa shape index (κ1) is 24.0. The first-order valence-corrected chi connectivity index (χ1v) is 11.2. The van der Waals surface area contributed by atoms with Crippen LogP contribution >= 0.6 is 11.6 Å². The number of morpholine rings is 1. The van der Waals surface area contributed by atoms with Crippen LogP contribution in [-0.2, 0) is 20.7 Å². The minimum absolute atomic E-state index is 0.0269. The van der Waals surface area contributed by atoms with E-state index < -0.39 is 11.8 Å². The lowest BCUT2D eigenvalue weighted by atomic mass is 10.0. The zero-order chi connectivity index (χ0) is 22.9. The number of anilines is 1. The fourth-order valence-corrected chi connectivity index (χ4v) is 3.79. The van der Waals surface area contributed by atoms with E-state index in [1.807, 2.05) is 43.3 Å². The molecule has 0 aromatic heterocycles. The molecule has 0 saturated carbocycles. The maximum Gasteiger partial charge on any atom is 0.309 e. The summed E-state index contributed by atoms with van der Waals surface area (Å²) in [4.78, 5) is 29.0. The maximum absolute atomic E-state index is 12.4. The van der Waals surface area contributed by atoms with Gasteiger partial charge in [0.1, 0.15) is 0 Å². The summed E-state index contributed by atoms with van der Waals surface area (Å²) in [6.07, 6.45) is 0.630. The zero-order valence-corrected chi connectivity index (χ0v) is 19.4. The fourth-order valence-electron chi connectivity index (χ4n) is 3.66. The number of carbonyl (C=O) groups is 2. The number of halogens is 1. The third kappa shape index (κ3) is 6.95. The maximum atomic E-state index is 12.4.